The predicted molar refractivity (Wildman–Crippen MR) is 113 cm³/mol. The van der Waals surface area contributed by atoms with E-state index in [9.17, 15) is 9.59 Å². The number of methoxy groups -OCH3 is 3. The second kappa shape index (κ2) is 10.8. The van der Waals surface area contributed by atoms with Gasteiger partial charge < -0.3 is 24.8 Å². The lowest BCUT2D eigenvalue weighted by Crippen LogP contribution is -2.31. The normalized spacial score (nSPS) is 10.5. The summed E-state index contributed by atoms with van der Waals surface area (Å²) in [5.74, 6) is 0.870. The smallest absolute Gasteiger partial charge is 0.244 e. The molecule has 2 N–H and O–H groups in total. The van der Waals surface area contributed by atoms with E-state index in [1.165, 1.54) is 27.4 Å². The molecule has 0 heterocycles. The van der Waals surface area contributed by atoms with Gasteiger partial charge in [0.15, 0.2) is 11.5 Å². The highest BCUT2D eigenvalue weighted by molar-refractivity contribution is 5.98. The first kappa shape index (κ1) is 21.8. The molecule has 0 aliphatic carbocycles. The average molecular weight is 398 g/mol. The Morgan fingerprint density at radius 1 is 0.966 bits per heavy atom. The molecule has 7 nitrogen and oxygen atoms in total. The van der Waals surface area contributed by atoms with Crippen molar-refractivity contribution in [3.63, 3.8) is 0 Å². The summed E-state index contributed by atoms with van der Waals surface area (Å²) in [5.41, 5.74) is 2.43. The van der Waals surface area contributed by atoms with E-state index in [-0.39, 0.29) is 12.5 Å². The van der Waals surface area contributed by atoms with Crippen molar-refractivity contribution >= 4 is 23.6 Å². The lowest BCUT2D eigenvalue weighted by molar-refractivity contribution is -0.121. The lowest BCUT2D eigenvalue weighted by atomic mass is 10.1. The van der Waals surface area contributed by atoms with Crippen LogP contribution in [0.2, 0.25) is 0 Å². The molecule has 0 aliphatic rings. The summed E-state index contributed by atoms with van der Waals surface area (Å²) in [6.45, 7) is 1.88. The van der Waals surface area contributed by atoms with Crippen LogP contribution in [-0.4, -0.2) is 39.7 Å². The molecule has 2 aromatic carbocycles. The van der Waals surface area contributed by atoms with Crippen LogP contribution in [0.25, 0.3) is 6.08 Å². The van der Waals surface area contributed by atoms with E-state index in [0.717, 1.165) is 17.7 Å². The van der Waals surface area contributed by atoms with Crippen molar-refractivity contribution in [1.82, 2.24) is 5.32 Å². The average Bonchev–Trinajstić information content (AvgIpc) is 2.75. The maximum absolute atomic E-state index is 12.1. The highest BCUT2D eigenvalue weighted by atomic mass is 16.5. The van der Waals surface area contributed by atoms with Gasteiger partial charge in [0.25, 0.3) is 0 Å². The summed E-state index contributed by atoms with van der Waals surface area (Å²) >= 11 is 0. The molecule has 2 rings (SSSR count). The molecule has 0 bridgehead atoms. The number of amides is 2. The van der Waals surface area contributed by atoms with Gasteiger partial charge >= 0.3 is 0 Å². The van der Waals surface area contributed by atoms with Crippen LogP contribution in [0.15, 0.2) is 42.5 Å². The molecule has 0 radical (unpaired) electrons. The number of para-hydroxylation sites is 1. The van der Waals surface area contributed by atoms with Crippen molar-refractivity contribution in [1.29, 1.82) is 0 Å². The molecule has 0 atom stereocenters. The van der Waals surface area contributed by atoms with Gasteiger partial charge in [0.05, 0.1) is 27.9 Å². The third kappa shape index (κ3) is 6.00. The largest absolute Gasteiger partial charge is 0.496 e. The number of anilines is 1. The minimum atomic E-state index is -0.402. The molecule has 7 heteroatoms. The van der Waals surface area contributed by atoms with Gasteiger partial charge in [-0.05, 0) is 30.2 Å². The van der Waals surface area contributed by atoms with Crippen molar-refractivity contribution < 1.29 is 23.8 Å². The lowest BCUT2D eigenvalue weighted by Gasteiger charge is -2.12. The van der Waals surface area contributed by atoms with E-state index in [1.807, 2.05) is 31.2 Å². The molecule has 0 unspecified atom stereocenters. The van der Waals surface area contributed by atoms with Gasteiger partial charge in [-0.3, -0.25) is 9.59 Å². The second-order valence-corrected chi connectivity index (χ2v) is 6.06. The Morgan fingerprint density at radius 3 is 2.28 bits per heavy atom. The van der Waals surface area contributed by atoms with E-state index in [2.05, 4.69) is 10.6 Å². The van der Waals surface area contributed by atoms with Gasteiger partial charge in [0.1, 0.15) is 5.75 Å². The van der Waals surface area contributed by atoms with Crippen LogP contribution in [-0.2, 0) is 16.0 Å². The fraction of sp³-hybridized carbons (Fsp3) is 0.273. The number of ether oxygens (including phenoxy) is 3. The zero-order chi connectivity index (χ0) is 21.2. The number of rotatable bonds is 9. The summed E-state index contributed by atoms with van der Waals surface area (Å²) in [7, 11) is 4.58. The van der Waals surface area contributed by atoms with Crippen LogP contribution in [0.5, 0.6) is 17.2 Å². The van der Waals surface area contributed by atoms with Crippen molar-refractivity contribution in [2.75, 3.05) is 33.2 Å². The Kier molecular flexibility index (Phi) is 8.09. The molecule has 2 aromatic rings. The molecule has 0 saturated heterocycles. The Labute approximate surface area is 170 Å². The maximum atomic E-state index is 12.1. The number of aryl methyl sites for hydroxylation is 1. The molecule has 0 fully saturated rings. The highest BCUT2D eigenvalue weighted by Crippen LogP contribution is 2.35. The SMILES string of the molecule is CCc1ccccc1NC(=O)CNC(=O)/C=C/c1cc(OC)c(OC)cc1OC. The summed E-state index contributed by atoms with van der Waals surface area (Å²) in [6, 6.07) is 10.9. The molecule has 2 amide bonds. The third-order valence-corrected chi connectivity index (χ3v) is 4.25. The molecule has 0 aliphatic heterocycles. The maximum Gasteiger partial charge on any atom is 0.244 e. The Morgan fingerprint density at radius 2 is 1.62 bits per heavy atom. The molecule has 0 aromatic heterocycles. The summed E-state index contributed by atoms with van der Waals surface area (Å²) in [6.07, 6.45) is 3.72. The van der Waals surface area contributed by atoms with E-state index < -0.39 is 5.91 Å². The third-order valence-electron chi connectivity index (χ3n) is 4.25. The van der Waals surface area contributed by atoms with Crippen molar-refractivity contribution in [3.8, 4) is 17.2 Å². The predicted octanol–water partition coefficient (Wildman–Crippen LogP) is 3.04. The van der Waals surface area contributed by atoms with E-state index in [4.69, 9.17) is 14.2 Å². The first-order valence-corrected chi connectivity index (χ1v) is 9.16. The fourth-order valence-corrected chi connectivity index (χ4v) is 2.72. The van der Waals surface area contributed by atoms with Crippen molar-refractivity contribution in [3.05, 3.63) is 53.6 Å². The van der Waals surface area contributed by atoms with Gasteiger partial charge in [-0.15, -0.1) is 0 Å². The summed E-state index contributed by atoms with van der Waals surface area (Å²) in [4.78, 5) is 24.2. The molecular weight excluding hydrogens is 372 g/mol. The topological polar surface area (TPSA) is 85.9 Å². The Balaban J connectivity index is 1.98. The van der Waals surface area contributed by atoms with Crippen molar-refractivity contribution in [2.45, 2.75) is 13.3 Å². The molecular formula is C22H26N2O5. The number of hydrogen-bond acceptors (Lipinski definition) is 5. The number of nitrogens with one attached hydrogen (secondary N) is 2. The highest BCUT2D eigenvalue weighted by Gasteiger charge is 2.11. The first-order valence-electron chi connectivity index (χ1n) is 9.16. The van der Waals surface area contributed by atoms with Crippen LogP contribution in [0.3, 0.4) is 0 Å². The quantitative estimate of drug-likeness (QED) is 0.634. The summed E-state index contributed by atoms with van der Waals surface area (Å²) < 4.78 is 15.8. The van der Waals surface area contributed by atoms with Gasteiger partial charge in [-0.2, -0.15) is 0 Å². The number of benzene rings is 2. The van der Waals surface area contributed by atoms with Crippen LogP contribution >= 0.6 is 0 Å². The molecule has 154 valence electrons. The first-order chi connectivity index (χ1) is 14.0. The van der Waals surface area contributed by atoms with Gasteiger partial charge in [-0.25, -0.2) is 0 Å². The van der Waals surface area contributed by atoms with Gasteiger partial charge in [-0.1, -0.05) is 25.1 Å². The van der Waals surface area contributed by atoms with Crippen molar-refractivity contribution in [2.24, 2.45) is 0 Å². The van der Waals surface area contributed by atoms with E-state index in [1.54, 1.807) is 18.2 Å². The van der Waals surface area contributed by atoms with Crippen LogP contribution < -0.4 is 24.8 Å². The van der Waals surface area contributed by atoms with Gasteiger partial charge in [0.2, 0.25) is 11.8 Å². The molecule has 0 spiro atoms. The zero-order valence-electron chi connectivity index (χ0n) is 17.1. The number of hydrogen-bond donors (Lipinski definition) is 2. The number of carbonyl (C=O) groups excluding carboxylic acids is 2. The molecule has 29 heavy (non-hydrogen) atoms. The second-order valence-electron chi connectivity index (χ2n) is 6.06. The van der Waals surface area contributed by atoms with Gasteiger partial charge in [0, 0.05) is 23.4 Å². The van der Waals surface area contributed by atoms with E-state index >= 15 is 0 Å². The Bertz CT molecular complexity index is 893. The monoisotopic (exact) mass is 398 g/mol. The minimum absolute atomic E-state index is 0.135. The van der Waals surface area contributed by atoms with E-state index in [0.29, 0.717) is 22.8 Å². The Hall–Kier alpha value is -3.48. The summed E-state index contributed by atoms with van der Waals surface area (Å²) in [5, 5.41) is 5.37. The minimum Gasteiger partial charge on any atom is -0.496 e. The standard InChI is InChI=1S/C22H26N2O5/c1-5-15-8-6-7-9-17(15)24-22(26)14-23-21(25)11-10-16-12-19(28-3)20(29-4)13-18(16)27-2/h6-13H,5,14H2,1-4H3,(H,23,25)(H,24,26)/b11-10+. The zero-order valence-corrected chi connectivity index (χ0v) is 17.1. The van der Waals surface area contributed by atoms with Crippen LogP contribution in [0.1, 0.15) is 18.1 Å². The fourth-order valence-electron chi connectivity index (χ4n) is 2.72. The van der Waals surface area contributed by atoms with Crippen LogP contribution in [0.4, 0.5) is 5.69 Å². The number of carbonyl (C=O) groups is 2. The molecule has 0 saturated carbocycles. The van der Waals surface area contributed by atoms with Crippen LogP contribution in [0, 0.1) is 0 Å².